The maximum atomic E-state index is 12.6. The lowest BCUT2D eigenvalue weighted by atomic mass is 10.0. The van der Waals surface area contributed by atoms with Gasteiger partial charge in [-0.05, 0) is 48.1 Å². The lowest BCUT2D eigenvalue weighted by Gasteiger charge is -2.07. The standard InChI is InChI=1S/C18H16N2O/c1-12-8-15-10-14-9-13(17-4-2-3-7-19-17)5-6-16(14)18(21)20(15)11-12/h2-7,9-10,12H,8,11H2,1H3. The quantitative estimate of drug-likeness (QED) is 0.684. The third-order valence-corrected chi connectivity index (χ3v) is 4.21. The summed E-state index contributed by atoms with van der Waals surface area (Å²) in [6.07, 6.45) is 2.78. The minimum Gasteiger partial charge on any atom is -0.312 e. The molecule has 1 atom stereocenters. The molecule has 3 heteroatoms. The van der Waals surface area contributed by atoms with Crippen LogP contribution in [0.1, 0.15) is 12.6 Å². The molecule has 3 aromatic rings. The van der Waals surface area contributed by atoms with Crippen molar-refractivity contribution in [2.45, 2.75) is 19.9 Å². The summed E-state index contributed by atoms with van der Waals surface area (Å²) in [6.45, 7) is 3.03. The maximum Gasteiger partial charge on any atom is 0.258 e. The van der Waals surface area contributed by atoms with Gasteiger partial charge in [0, 0.05) is 29.4 Å². The number of fused-ring (bicyclic) bond motifs is 2. The van der Waals surface area contributed by atoms with Gasteiger partial charge in [0.25, 0.3) is 5.56 Å². The highest BCUT2D eigenvalue weighted by Gasteiger charge is 2.20. The molecule has 2 aromatic heterocycles. The van der Waals surface area contributed by atoms with Crippen LogP contribution in [-0.2, 0) is 13.0 Å². The SMILES string of the molecule is CC1Cc2cc3cc(-c4ccccn4)ccc3c(=O)n2C1. The van der Waals surface area contributed by atoms with E-state index in [0.717, 1.165) is 40.7 Å². The maximum absolute atomic E-state index is 12.6. The molecule has 0 saturated heterocycles. The molecule has 0 bridgehead atoms. The average Bonchev–Trinajstić information content (AvgIpc) is 2.88. The molecule has 3 nitrogen and oxygen atoms in total. The third kappa shape index (κ3) is 1.97. The van der Waals surface area contributed by atoms with Crippen molar-refractivity contribution < 1.29 is 0 Å². The molecule has 21 heavy (non-hydrogen) atoms. The second-order valence-corrected chi connectivity index (χ2v) is 5.88. The van der Waals surface area contributed by atoms with Crippen molar-refractivity contribution in [1.82, 2.24) is 9.55 Å². The summed E-state index contributed by atoms with van der Waals surface area (Å²) in [5.74, 6) is 0.546. The number of hydrogen-bond donors (Lipinski definition) is 0. The van der Waals surface area contributed by atoms with Crippen molar-refractivity contribution >= 4 is 10.8 Å². The Morgan fingerprint density at radius 3 is 2.90 bits per heavy atom. The van der Waals surface area contributed by atoms with Crippen molar-refractivity contribution in [2.24, 2.45) is 5.92 Å². The average molecular weight is 276 g/mol. The van der Waals surface area contributed by atoms with Crippen molar-refractivity contribution in [3.05, 3.63) is 64.7 Å². The Morgan fingerprint density at radius 1 is 1.19 bits per heavy atom. The van der Waals surface area contributed by atoms with Crippen LogP contribution in [0.15, 0.2) is 53.5 Å². The van der Waals surface area contributed by atoms with Gasteiger partial charge in [0.1, 0.15) is 0 Å². The Hall–Kier alpha value is -2.42. The lowest BCUT2D eigenvalue weighted by Crippen LogP contribution is -2.19. The second-order valence-electron chi connectivity index (χ2n) is 5.88. The predicted octanol–water partition coefficient (Wildman–Crippen LogP) is 3.26. The molecule has 4 rings (SSSR count). The van der Waals surface area contributed by atoms with E-state index < -0.39 is 0 Å². The lowest BCUT2D eigenvalue weighted by molar-refractivity contribution is 0.558. The Bertz CT molecular complexity index is 881. The molecule has 0 fully saturated rings. The van der Waals surface area contributed by atoms with Gasteiger partial charge in [-0.25, -0.2) is 0 Å². The summed E-state index contributed by atoms with van der Waals surface area (Å²) in [4.78, 5) is 16.9. The Kier molecular flexibility index (Phi) is 2.67. The minimum atomic E-state index is 0.138. The molecule has 1 aromatic carbocycles. The summed E-state index contributed by atoms with van der Waals surface area (Å²) >= 11 is 0. The fourth-order valence-electron chi connectivity index (χ4n) is 3.21. The summed E-state index contributed by atoms with van der Waals surface area (Å²) in [6, 6.07) is 14.0. The van der Waals surface area contributed by atoms with Crippen molar-refractivity contribution in [1.29, 1.82) is 0 Å². The van der Waals surface area contributed by atoms with Crippen LogP contribution in [0.4, 0.5) is 0 Å². The normalized spacial score (nSPS) is 17.1. The van der Waals surface area contributed by atoms with Crippen molar-refractivity contribution in [3.8, 4) is 11.3 Å². The molecule has 1 aliphatic rings. The van der Waals surface area contributed by atoms with Gasteiger partial charge in [0.2, 0.25) is 0 Å². The summed E-state index contributed by atoms with van der Waals surface area (Å²) < 4.78 is 1.92. The first-order valence-corrected chi connectivity index (χ1v) is 7.30. The van der Waals surface area contributed by atoms with Crippen LogP contribution >= 0.6 is 0 Å². The first kappa shape index (κ1) is 12.3. The van der Waals surface area contributed by atoms with Gasteiger partial charge >= 0.3 is 0 Å². The molecule has 1 aliphatic heterocycles. The molecule has 0 N–H and O–H groups in total. The van der Waals surface area contributed by atoms with E-state index in [0.29, 0.717) is 5.92 Å². The van der Waals surface area contributed by atoms with Gasteiger partial charge in [0.05, 0.1) is 5.69 Å². The van der Waals surface area contributed by atoms with E-state index in [2.05, 4.69) is 24.0 Å². The van der Waals surface area contributed by atoms with E-state index >= 15 is 0 Å². The van der Waals surface area contributed by atoms with E-state index in [1.165, 1.54) is 0 Å². The fourth-order valence-corrected chi connectivity index (χ4v) is 3.21. The summed E-state index contributed by atoms with van der Waals surface area (Å²) in [5, 5.41) is 1.82. The number of pyridine rings is 2. The Morgan fingerprint density at radius 2 is 2.10 bits per heavy atom. The second kappa shape index (κ2) is 4.55. The van der Waals surface area contributed by atoms with Gasteiger partial charge in [-0.15, -0.1) is 0 Å². The predicted molar refractivity (Wildman–Crippen MR) is 84.3 cm³/mol. The number of benzene rings is 1. The van der Waals surface area contributed by atoms with Crippen LogP contribution < -0.4 is 5.56 Å². The smallest absolute Gasteiger partial charge is 0.258 e. The highest BCUT2D eigenvalue weighted by atomic mass is 16.1. The largest absolute Gasteiger partial charge is 0.312 e. The molecule has 3 heterocycles. The molecule has 0 radical (unpaired) electrons. The van der Waals surface area contributed by atoms with E-state index in [1.807, 2.05) is 34.9 Å². The molecular formula is C18H16N2O. The zero-order valence-electron chi connectivity index (χ0n) is 11.9. The molecule has 1 unspecified atom stereocenters. The molecule has 104 valence electrons. The van der Waals surface area contributed by atoms with Gasteiger partial charge in [-0.2, -0.15) is 0 Å². The van der Waals surface area contributed by atoms with Crippen LogP contribution in [0.25, 0.3) is 22.0 Å². The topological polar surface area (TPSA) is 34.9 Å². The number of nitrogens with zero attached hydrogens (tertiary/aromatic N) is 2. The molecule has 0 saturated carbocycles. The Labute approximate surface area is 122 Å². The van der Waals surface area contributed by atoms with E-state index in [-0.39, 0.29) is 5.56 Å². The van der Waals surface area contributed by atoms with E-state index in [4.69, 9.17) is 0 Å². The summed E-state index contributed by atoms with van der Waals surface area (Å²) in [5.41, 5.74) is 3.28. The zero-order valence-corrected chi connectivity index (χ0v) is 11.9. The third-order valence-electron chi connectivity index (χ3n) is 4.21. The van der Waals surface area contributed by atoms with Gasteiger partial charge < -0.3 is 4.57 Å². The van der Waals surface area contributed by atoms with Gasteiger partial charge in [-0.3, -0.25) is 9.78 Å². The highest BCUT2D eigenvalue weighted by molar-refractivity contribution is 5.86. The molecule has 0 amide bonds. The fraction of sp³-hybridized carbons (Fsp3) is 0.222. The van der Waals surface area contributed by atoms with E-state index in [9.17, 15) is 4.79 Å². The number of hydrogen-bond acceptors (Lipinski definition) is 2. The van der Waals surface area contributed by atoms with Crippen molar-refractivity contribution in [2.75, 3.05) is 0 Å². The Balaban J connectivity index is 1.94. The molecule has 0 aliphatic carbocycles. The van der Waals surface area contributed by atoms with Crippen LogP contribution in [0.5, 0.6) is 0 Å². The van der Waals surface area contributed by atoms with Crippen molar-refractivity contribution in [3.63, 3.8) is 0 Å². The number of rotatable bonds is 1. The highest BCUT2D eigenvalue weighted by Crippen LogP contribution is 2.25. The van der Waals surface area contributed by atoms with Gasteiger partial charge in [-0.1, -0.05) is 19.1 Å². The monoisotopic (exact) mass is 276 g/mol. The van der Waals surface area contributed by atoms with Crippen LogP contribution in [0.2, 0.25) is 0 Å². The first-order valence-electron chi connectivity index (χ1n) is 7.30. The zero-order chi connectivity index (χ0) is 14.4. The van der Waals surface area contributed by atoms with Crippen LogP contribution in [0, 0.1) is 5.92 Å². The molecule has 0 spiro atoms. The van der Waals surface area contributed by atoms with Crippen LogP contribution in [0.3, 0.4) is 0 Å². The van der Waals surface area contributed by atoms with Crippen LogP contribution in [-0.4, -0.2) is 9.55 Å². The first-order chi connectivity index (χ1) is 10.2. The van der Waals surface area contributed by atoms with Gasteiger partial charge in [0.15, 0.2) is 0 Å². The minimum absolute atomic E-state index is 0.138. The number of aromatic nitrogens is 2. The summed E-state index contributed by atoms with van der Waals surface area (Å²) in [7, 11) is 0. The molecular weight excluding hydrogens is 260 g/mol. The van der Waals surface area contributed by atoms with E-state index in [1.54, 1.807) is 6.20 Å².